The number of nitrogens with zero attached hydrogens (tertiary/aromatic N) is 1. The fraction of sp³-hybridized carbons (Fsp3) is 0.643. The molecule has 2 aliphatic carbocycles. The number of hydrogen-bond acceptors (Lipinski definition) is 9. The lowest BCUT2D eigenvalue weighted by atomic mass is 9.78. The summed E-state index contributed by atoms with van der Waals surface area (Å²) in [6.07, 6.45) is 7.00. The first-order valence-corrected chi connectivity index (χ1v) is 20.4. The maximum atomic E-state index is 14.0. The molecule has 0 spiro atoms. The average molecular weight is 765 g/mol. The quantitative estimate of drug-likeness (QED) is 0.0673. The molecule has 2 aliphatic heterocycles. The summed E-state index contributed by atoms with van der Waals surface area (Å²) in [4.78, 5) is 65.5. The summed E-state index contributed by atoms with van der Waals surface area (Å²) >= 11 is 1.24. The van der Waals surface area contributed by atoms with E-state index >= 15 is 0 Å². The molecule has 1 saturated heterocycles. The van der Waals surface area contributed by atoms with Crippen molar-refractivity contribution in [3.63, 3.8) is 0 Å². The Hall–Kier alpha value is -3.82. The van der Waals surface area contributed by atoms with E-state index in [0.717, 1.165) is 29.7 Å². The van der Waals surface area contributed by atoms with Crippen LogP contribution in [0.3, 0.4) is 0 Å². The normalized spacial score (nSPS) is 27.4. The number of thioether (sulfide) groups is 1. The predicted molar refractivity (Wildman–Crippen MR) is 205 cm³/mol. The first-order chi connectivity index (χ1) is 25.7. The smallest absolute Gasteiger partial charge is 0.310 e. The number of nitrogens with one attached hydrogen (secondary N) is 1. The zero-order valence-corrected chi connectivity index (χ0v) is 33.0. The number of aliphatic hydroxyl groups is 1. The van der Waals surface area contributed by atoms with Gasteiger partial charge in [-0.05, 0) is 49.5 Å². The van der Waals surface area contributed by atoms with E-state index < -0.39 is 41.2 Å². The molecule has 11 nitrogen and oxygen atoms in total. The highest BCUT2D eigenvalue weighted by molar-refractivity contribution is 8.00. The van der Waals surface area contributed by atoms with Gasteiger partial charge in [0, 0.05) is 49.6 Å². The third-order valence-electron chi connectivity index (χ3n) is 11.1. The molecular formula is C42H56N2O9S. The van der Waals surface area contributed by atoms with Crippen molar-refractivity contribution in [2.24, 2.45) is 29.1 Å². The van der Waals surface area contributed by atoms with E-state index in [9.17, 15) is 29.1 Å². The number of hydrogen-bond donors (Lipinski definition) is 3. The Kier molecular flexibility index (Phi) is 13.9. The van der Waals surface area contributed by atoms with Crippen molar-refractivity contribution in [2.75, 3.05) is 12.4 Å². The van der Waals surface area contributed by atoms with Crippen molar-refractivity contribution in [3.8, 4) is 17.6 Å². The first kappa shape index (κ1) is 41.3. The number of aliphatic hydroxyl groups excluding tert-OH is 1. The van der Waals surface area contributed by atoms with Crippen LogP contribution in [0.5, 0.6) is 5.75 Å². The molecule has 4 aliphatic rings. The molecule has 3 N–H and O–H groups in total. The average Bonchev–Trinajstić information content (AvgIpc) is 3.74. The Labute approximate surface area is 323 Å². The number of esters is 1. The Morgan fingerprint density at radius 1 is 1.17 bits per heavy atom. The van der Waals surface area contributed by atoms with Gasteiger partial charge in [-0.15, -0.1) is 23.6 Å². The molecule has 54 heavy (non-hydrogen) atoms. The van der Waals surface area contributed by atoms with E-state index in [1.54, 1.807) is 13.0 Å². The molecule has 3 fully saturated rings. The molecule has 5 rings (SSSR count). The maximum absolute atomic E-state index is 14.0. The van der Waals surface area contributed by atoms with Crippen LogP contribution in [0, 0.1) is 40.9 Å². The number of imide groups is 1. The minimum absolute atomic E-state index is 0.0645. The van der Waals surface area contributed by atoms with Crippen LogP contribution in [0.2, 0.25) is 0 Å². The summed E-state index contributed by atoms with van der Waals surface area (Å²) < 4.78 is 12.9. The van der Waals surface area contributed by atoms with Gasteiger partial charge in [-0.2, -0.15) is 0 Å². The number of fused-ring (bicyclic) bond motifs is 3. The SMILES string of the molecule is CC#CC[C@H](C)[C@H](O)/C=C/[C@@H]1[C@H]2c3cccc(CCCC(=O)O)c3O[C@H]2C[C@H]1OC(=O)C1CCCCC1C(=O)NCSC1CC(=O)N(CC(C)(C)C)C1=O. The van der Waals surface area contributed by atoms with Crippen LogP contribution in [0.1, 0.15) is 109 Å². The van der Waals surface area contributed by atoms with Crippen LogP contribution in [-0.4, -0.2) is 80.8 Å². The van der Waals surface area contributed by atoms with Crippen molar-refractivity contribution >= 4 is 41.4 Å². The summed E-state index contributed by atoms with van der Waals surface area (Å²) in [7, 11) is 0. The van der Waals surface area contributed by atoms with Gasteiger partial charge in [0.05, 0.1) is 29.1 Å². The van der Waals surface area contributed by atoms with Crippen LogP contribution < -0.4 is 10.1 Å². The zero-order chi connectivity index (χ0) is 39.2. The van der Waals surface area contributed by atoms with Gasteiger partial charge >= 0.3 is 11.9 Å². The number of carbonyl (C=O) groups excluding carboxylic acids is 4. The van der Waals surface area contributed by atoms with E-state index in [0.29, 0.717) is 45.1 Å². The topological polar surface area (TPSA) is 160 Å². The van der Waals surface area contributed by atoms with Crippen LogP contribution in [0.4, 0.5) is 0 Å². The summed E-state index contributed by atoms with van der Waals surface area (Å²) in [5.74, 6) is 3.13. The van der Waals surface area contributed by atoms with Gasteiger partial charge < -0.3 is 25.0 Å². The molecular weight excluding hydrogens is 709 g/mol. The van der Waals surface area contributed by atoms with Gasteiger partial charge in [0.25, 0.3) is 0 Å². The van der Waals surface area contributed by atoms with Gasteiger partial charge in [-0.1, -0.05) is 70.9 Å². The summed E-state index contributed by atoms with van der Waals surface area (Å²) in [6.45, 7) is 9.97. The number of benzene rings is 1. The Balaban J connectivity index is 1.27. The minimum atomic E-state index is -0.842. The van der Waals surface area contributed by atoms with Crippen molar-refractivity contribution in [3.05, 3.63) is 41.5 Å². The Bertz CT molecular complexity index is 1660. The van der Waals surface area contributed by atoms with E-state index in [2.05, 4.69) is 17.2 Å². The number of ether oxygens (including phenoxy) is 2. The number of aliphatic carboxylic acids is 1. The summed E-state index contributed by atoms with van der Waals surface area (Å²) in [5.41, 5.74) is 1.72. The molecule has 3 amide bonds. The third kappa shape index (κ3) is 10.1. The molecule has 2 saturated carbocycles. The summed E-state index contributed by atoms with van der Waals surface area (Å²) in [5, 5.41) is 22.5. The number of amides is 3. The van der Waals surface area contributed by atoms with Crippen LogP contribution >= 0.6 is 11.8 Å². The highest BCUT2D eigenvalue weighted by atomic mass is 32.2. The van der Waals surface area contributed by atoms with Crippen molar-refractivity contribution in [1.29, 1.82) is 0 Å². The molecule has 9 atom stereocenters. The minimum Gasteiger partial charge on any atom is -0.489 e. The van der Waals surface area contributed by atoms with Crippen molar-refractivity contribution < 1.29 is 43.7 Å². The fourth-order valence-corrected chi connectivity index (χ4v) is 9.20. The molecule has 2 heterocycles. The monoisotopic (exact) mass is 764 g/mol. The van der Waals surface area contributed by atoms with E-state index in [1.807, 2.05) is 52.0 Å². The van der Waals surface area contributed by atoms with Gasteiger partial charge in [0.15, 0.2) is 0 Å². The lowest BCUT2D eigenvalue weighted by Crippen LogP contribution is -2.42. The molecule has 0 aromatic heterocycles. The number of carboxylic acid groups (broad SMARTS) is 1. The number of carbonyl (C=O) groups is 5. The zero-order valence-electron chi connectivity index (χ0n) is 32.2. The van der Waals surface area contributed by atoms with E-state index in [4.69, 9.17) is 14.6 Å². The largest absolute Gasteiger partial charge is 0.489 e. The number of aryl methyl sites for hydroxylation is 1. The van der Waals surface area contributed by atoms with Gasteiger partial charge in [0.1, 0.15) is 18.0 Å². The standard InChI is InChI=1S/C42H56N2O9S/c1-6-7-12-25(2)31(45)20-19-29-32(21-33-37(29)30-17-10-13-26(38(30)52-33)14-11-18-36(47)48)53-41(51)28-16-9-8-15-27(28)39(49)43-24-54-34-22-35(46)44(40(34)50)23-42(3,4)5/h10,13,17,19-20,25,27-29,31-34,37,45H,8-9,11-12,14-16,18,21-24H2,1-5H3,(H,43,49)(H,47,48)/b20-19+/t25-,27?,28?,29-,31+,32+,33-,34?,37-/m0/s1. The molecule has 12 heteroatoms. The van der Waals surface area contributed by atoms with E-state index in [1.165, 1.54) is 16.7 Å². The van der Waals surface area contributed by atoms with Crippen LogP contribution in [0.25, 0.3) is 0 Å². The molecule has 0 radical (unpaired) electrons. The van der Waals surface area contributed by atoms with Gasteiger partial charge in [0.2, 0.25) is 17.7 Å². The van der Waals surface area contributed by atoms with Gasteiger partial charge in [-0.25, -0.2) is 0 Å². The van der Waals surface area contributed by atoms with Crippen LogP contribution in [-0.2, 0) is 35.1 Å². The highest BCUT2D eigenvalue weighted by Crippen LogP contribution is 2.53. The number of para-hydroxylation sites is 1. The van der Waals surface area contributed by atoms with Gasteiger partial charge in [-0.3, -0.25) is 28.9 Å². The molecule has 1 aromatic carbocycles. The second-order valence-electron chi connectivity index (χ2n) is 16.5. The Morgan fingerprint density at radius 3 is 2.61 bits per heavy atom. The first-order valence-electron chi connectivity index (χ1n) is 19.4. The predicted octanol–water partition coefficient (Wildman–Crippen LogP) is 5.62. The lowest BCUT2D eigenvalue weighted by molar-refractivity contribution is -0.161. The maximum Gasteiger partial charge on any atom is 0.310 e. The summed E-state index contributed by atoms with van der Waals surface area (Å²) in [6, 6.07) is 5.93. The fourth-order valence-electron chi connectivity index (χ4n) is 8.25. The number of rotatable bonds is 15. The molecule has 3 unspecified atom stereocenters. The third-order valence-corrected chi connectivity index (χ3v) is 12.1. The molecule has 0 bridgehead atoms. The van der Waals surface area contributed by atoms with Crippen molar-refractivity contribution in [2.45, 2.75) is 128 Å². The van der Waals surface area contributed by atoms with Crippen molar-refractivity contribution in [1.82, 2.24) is 10.2 Å². The second-order valence-corrected chi connectivity index (χ2v) is 17.6. The molecule has 294 valence electrons. The van der Waals surface area contributed by atoms with E-state index in [-0.39, 0.29) is 65.7 Å². The second kappa shape index (κ2) is 18.2. The lowest BCUT2D eigenvalue weighted by Gasteiger charge is -2.31. The van der Waals surface area contributed by atoms with Crippen LogP contribution in [0.15, 0.2) is 30.4 Å². The number of likely N-dealkylation sites (tertiary alicyclic amines) is 1. The Morgan fingerprint density at radius 2 is 1.91 bits per heavy atom. The molecule has 1 aromatic rings. The highest BCUT2D eigenvalue weighted by Gasteiger charge is 2.52. The number of carboxylic acids is 1.